The number of carbonyl (C=O) groups is 5. The fraction of sp³-hybridized carbons (Fsp3) is 0.722. The maximum absolute atomic E-state index is 15.5. The second kappa shape index (κ2) is 12.1. The Bertz CT molecular complexity index is 868. The molecule has 0 aromatic heterocycles. The number of hydrogen-bond donors (Lipinski definition) is 1. The highest BCUT2D eigenvalue weighted by molar-refractivity contribution is 5.79. The molecule has 3 unspecified atom stereocenters. The highest BCUT2D eigenvalue weighted by Gasteiger charge is 2.64. The van der Waals surface area contributed by atoms with Gasteiger partial charge in [-0.15, -0.1) is 0 Å². The maximum atomic E-state index is 15.5. The summed E-state index contributed by atoms with van der Waals surface area (Å²) in [4.78, 5) is 61.1. The number of rotatable bonds is 9. The molecule has 34 heavy (non-hydrogen) atoms. The number of methoxy groups -OCH3 is 1. The summed E-state index contributed by atoms with van der Waals surface area (Å²) in [5.74, 6) is -9.44. The number of hydrogen-bond acceptors (Lipinski definition) is 11. The summed E-state index contributed by atoms with van der Waals surface area (Å²) >= 11 is 0. The van der Waals surface area contributed by atoms with Crippen molar-refractivity contribution in [1.82, 2.24) is 5.32 Å². The molecule has 1 fully saturated rings. The molecule has 0 aromatic rings. The van der Waals surface area contributed by atoms with Gasteiger partial charge in [0.15, 0.2) is 18.4 Å². The standard InChI is InChI=1S/C18H24F2N4O10/c1-7(25)22-12-13(23-24-21)16(19)18(20,17(29)30-5)34-15(12)14(33-10(4)28)11(32-9(3)27)6-31-8(2)26/h11-16H,6H2,1-5H3,(H,22,25)/t11-,12-,13?,14-,15?,16?,18-/m1/s1. The van der Waals surface area contributed by atoms with Crippen molar-refractivity contribution < 1.29 is 56.4 Å². The van der Waals surface area contributed by atoms with Crippen molar-refractivity contribution in [3.05, 3.63) is 10.4 Å². The van der Waals surface area contributed by atoms with Crippen LogP contribution in [0.5, 0.6) is 0 Å². The van der Waals surface area contributed by atoms with Gasteiger partial charge in [-0.3, -0.25) is 19.2 Å². The zero-order valence-corrected chi connectivity index (χ0v) is 18.9. The fourth-order valence-electron chi connectivity index (χ4n) is 3.25. The lowest BCUT2D eigenvalue weighted by Gasteiger charge is -2.47. The largest absolute Gasteiger partial charge is 0.465 e. The smallest absolute Gasteiger partial charge is 0.375 e. The van der Waals surface area contributed by atoms with Crippen LogP contribution in [0.3, 0.4) is 0 Å². The number of nitrogens with one attached hydrogen (secondary N) is 1. The van der Waals surface area contributed by atoms with Gasteiger partial charge in [-0.05, 0) is 5.53 Å². The Labute approximate surface area is 191 Å². The normalized spacial score (nSPS) is 27.7. The number of ether oxygens (including phenoxy) is 5. The Balaban J connectivity index is 3.73. The molecule has 0 bridgehead atoms. The molecule has 0 radical (unpaired) electrons. The van der Waals surface area contributed by atoms with E-state index in [2.05, 4.69) is 20.1 Å². The monoisotopic (exact) mass is 494 g/mol. The molecule has 0 spiro atoms. The quantitative estimate of drug-likeness (QED) is 0.152. The van der Waals surface area contributed by atoms with Crippen LogP contribution in [0, 0.1) is 0 Å². The summed E-state index contributed by atoms with van der Waals surface area (Å²) in [6.45, 7) is 3.11. The van der Waals surface area contributed by atoms with E-state index in [4.69, 9.17) is 24.5 Å². The van der Waals surface area contributed by atoms with Crippen molar-refractivity contribution >= 4 is 29.8 Å². The molecule has 1 saturated heterocycles. The van der Waals surface area contributed by atoms with Crippen LogP contribution in [-0.2, 0) is 47.7 Å². The Morgan fingerprint density at radius 2 is 1.71 bits per heavy atom. The average molecular weight is 494 g/mol. The van der Waals surface area contributed by atoms with Gasteiger partial charge < -0.3 is 29.0 Å². The maximum Gasteiger partial charge on any atom is 0.375 e. The minimum absolute atomic E-state index is 0.725. The number of halogens is 2. The fourth-order valence-corrected chi connectivity index (χ4v) is 3.25. The first-order chi connectivity index (χ1) is 15.8. The number of azide groups is 1. The van der Waals surface area contributed by atoms with Crippen LogP contribution < -0.4 is 5.32 Å². The van der Waals surface area contributed by atoms with E-state index in [-0.39, 0.29) is 0 Å². The van der Waals surface area contributed by atoms with Crippen molar-refractivity contribution in [3.63, 3.8) is 0 Å². The summed E-state index contributed by atoms with van der Waals surface area (Å²) in [5, 5.41) is 5.34. The molecule has 0 aliphatic carbocycles. The minimum Gasteiger partial charge on any atom is -0.465 e. The van der Waals surface area contributed by atoms with Crippen LogP contribution in [0.4, 0.5) is 8.78 Å². The second-order valence-electron chi connectivity index (χ2n) is 7.07. The molecule has 16 heteroatoms. The number of carbonyl (C=O) groups excluding carboxylic acids is 5. The van der Waals surface area contributed by atoms with Gasteiger partial charge in [0.1, 0.15) is 12.7 Å². The summed E-state index contributed by atoms with van der Waals surface area (Å²) in [6.07, 6.45) is -8.58. The molecule has 7 atom stereocenters. The zero-order valence-electron chi connectivity index (χ0n) is 18.9. The molecule has 190 valence electrons. The van der Waals surface area contributed by atoms with E-state index in [1.54, 1.807) is 0 Å². The lowest BCUT2D eigenvalue weighted by molar-refractivity contribution is -0.280. The van der Waals surface area contributed by atoms with Gasteiger partial charge in [0.25, 0.3) is 0 Å². The zero-order chi connectivity index (χ0) is 26.2. The van der Waals surface area contributed by atoms with Gasteiger partial charge in [-0.25, -0.2) is 9.18 Å². The predicted octanol–water partition coefficient (Wildman–Crippen LogP) is 0.172. The van der Waals surface area contributed by atoms with E-state index in [1.165, 1.54) is 0 Å². The van der Waals surface area contributed by atoms with E-state index < -0.39 is 78.8 Å². The highest BCUT2D eigenvalue weighted by Crippen LogP contribution is 2.39. The Morgan fingerprint density at radius 1 is 1.12 bits per heavy atom. The number of alkyl halides is 2. The molecule has 1 aliphatic rings. The Hall–Kier alpha value is -3.52. The van der Waals surface area contributed by atoms with E-state index in [1.807, 2.05) is 0 Å². The van der Waals surface area contributed by atoms with Crippen molar-refractivity contribution in [1.29, 1.82) is 0 Å². The summed E-state index contributed by atoms with van der Waals surface area (Å²) in [5.41, 5.74) is 8.89. The lowest BCUT2D eigenvalue weighted by Crippen LogP contribution is -2.71. The van der Waals surface area contributed by atoms with Gasteiger partial charge in [-0.1, -0.05) is 5.11 Å². The molecular weight excluding hydrogens is 470 g/mol. The van der Waals surface area contributed by atoms with Crippen molar-refractivity contribution in [2.45, 2.75) is 70.1 Å². The van der Waals surface area contributed by atoms with E-state index >= 15 is 8.78 Å². The first-order valence-corrected chi connectivity index (χ1v) is 9.66. The van der Waals surface area contributed by atoms with Gasteiger partial charge in [0.2, 0.25) is 5.91 Å². The second-order valence-corrected chi connectivity index (χ2v) is 7.07. The van der Waals surface area contributed by atoms with Crippen LogP contribution in [0.15, 0.2) is 5.11 Å². The molecule has 1 rings (SSSR count). The number of amides is 1. The molecule has 1 heterocycles. The number of esters is 4. The van der Waals surface area contributed by atoms with Crippen LogP contribution in [-0.4, -0.2) is 85.9 Å². The summed E-state index contributed by atoms with van der Waals surface area (Å²) in [6, 6.07) is -3.88. The van der Waals surface area contributed by atoms with Gasteiger partial charge in [0, 0.05) is 32.6 Å². The Morgan fingerprint density at radius 3 is 2.15 bits per heavy atom. The van der Waals surface area contributed by atoms with Gasteiger partial charge in [0.05, 0.1) is 19.2 Å². The van der Waals surface area contributed by atoms with Crippen LogP contribution in [0.25, 0.3) is 10.4 Å². The molecule has 1 N–H and O–H groups in total. The predicted molar refractivity (Wildman–Crippen MR) is 104 cm³/mol. The molecule has 1 aliphatic heterocycles. The molecule has 1 amide bonds. The SMILES string of the molecule is COC(=O)[C@]1(F)OC([C@H](OC(C)=O)[C@@H](COC(C)=O)OC(C)=O)[C@H](NC(C)=O)C(N=[N+]=[N-])C1F. The van der Waals surface area contributed by atoms with Crippen LogP contribution >= 0.6 is 0 Å². The summed E-state index contributed by atoms with van der Waals surface area (Å²) < 4.78 is 54.9. The third-order valence-electron chi connectivity index (χ3n) is 4.46. The third kappa shape index (κ3) is 6.99. The average Bonchev–Trinajstić information content (AvgIpc) is 2.73. The van der Waals surface area contributed by atoms with Crippen LogP contribution in [0.1, 0.15) is 27.7 Å². The molecule has 0 aromatic carbocycles. The first-order valence-electron chi connectivity index (χ1n) is 9.66. The van der Waals surface area contributed by atoms with Crippen molar-refractivity contribution in [2.24, 2.45) is 5.11 Å². The van der Waals surface area contributed by atoms with E-state index in [9.17, 15) is 24.0 Å². The van der Waals surface area contributed by atoms with Crippen molar-refractivity contribution in [3.8, 4) is 0 Å². The summed E-state index contributed by atoms with van der Waals surface area (Å²) in [7, 11) is 0.725. The van der Waals surface area contributed by atoms with Crippen molar-refractivity contribution in [2.75, 3.05) is 13.7 Å². The Kier molecular flexibility index (Phi) is 10.1. The van der Waals surface area contributed by atoms with Gasteiger partial charge in [-0.2, -0.15) is 4.39 Å². The van der Waals surface area contributed by atoms with E-state index in [0.29, 0.717) is 0 Å². The number of nitrogens with zero attached hydrogens (tertiary/aromatic N) is 3. The first kappa shape index (κ1) is 28.5. The molecule has 0 saturated carbocycles. The molecule has 14 nitrogen and oxygen atoms in total. The minimum atomic E-state index is -3.89. The lowest BCUT2D eigenvalue weighted by atomic mass is 9.86. The van der Waals surface area contributed by atoms with E-state index in [0.717, 1.165) is 34.8 Å². The van der Waals surface area contributed by atoms with Crippen LogP contribution in [0.2, 0.25) is 0 Å². The highest BCUT2D eigenvalue weighted by atomic mass is 19.2. The molecular formula is C18H24F2N4O10. The third-order valence-corrected chi connectivity index (χ3v) is 4.46. The van der Waals surface area contributed by atoms with Gasteiger partial charge >= 0.3 is 29.7 Å². The topological polar surface area (TPSA) is 192 Å².